The summed E-state index contributed by atoms with van der Waals surface area (Å²) in [4.78, 5) is 36.2. The molecular formula is C26H34F9N3O7. The van der Waals surface area contributed by atoms with Crippen molar-refractivity contribution in [1.29, 1.82) is 0 Å². The minimum absolute atomic E-state index is 0.738. The van der Waals surface area contributed by atoms with E-state index in [0.717, 1.165) is 43.7 Å². The standard InChI is InChI=1S/C20H31N3O.3C2HF3O2/c1-22(13-16-5-9-21-10-6-16)20-4-2-3-17-14-23(15-19(17)20)18-7-11-24-12-8-18;3*3-2(4,5)1(6)7/h5-6,9-10,17-20H,2-4,7-8,11-15H2,1H3;3*(H,6,7)/t17-,19+,20?;;;/m1.../s1. The Morgan fingerprint density at radius 1 is 0.822 bits per heavy atom. The highest BCUT2D eigenvalue weighted by Crippen LogP contribution is 2.40. The zero-order valence-corrected chi connectivity index (χ0v) is 23.9. The molecule has 0 aromatic carbocycles. The highest BCUT2D eigenvalue weighted by molar-refractivity contribution is 5.73. The molecule has 1 aromatic heterocycles. The number of likely N-dealkylation sites (tertiary alicyclic amines) is 1. The molecule has 4 rings (SSSR count). The van der Waals surface area contributed by atoms with E-state index in [4.69, 9.17) is 34.4 Å². The molecule has 0 radical (unpaired) electrons. The lowest BCUT2D eigenvalue weighted by Crippen LogP contribution is -2.44. The van der Waals surface area contributed by atoms with E-state index in [0.29, 0.717) is 0 Å². The van der Waals surface area contributed by atoms with Gasteiger partial charge in [-0.2, -0.15) is 39.5 Å². The van der Waals surface area contributed by atoms with E-state index in [1.807, 2.05) is 12.4 Å². The first kappa shape index (κ1) is 39.8. The number of rotatable bonds is 4. The zero-order chi connectivity index (χ0) is 34.6. The molecule has 2 saturated heterocycles. The summed E-state index contributed by atoms with van der Waals surface area (Å²) >= 11 is 0. The lowest BCUT2D eigenvalue weighted by atomic mass is 9.77. The van der Waals surface area contributed by atoms with Gasteiger partial charge in [0.15, 0.2) is 0 Å². The number of fused-ring (bicyclic) bond motifs is 1. The lowest BCUT2D eigenvalue weighted by Gasteiger charge is -2.39. The minimum atomic E-state index is -5.08. The molecule has 0 bridgehead atoms. The Kier molecular flexibility index (Phi) is 15.5. The van der Waals surface area contributed by atoms with E-state index < -0.39 is 36.4 Å². The van der Waals surface area contributed by atoms with Gasteiger partial charge in [-0.05, 0) is 62.3 Å². The maximum absolute atomic E-state index is 10.6. The number of pyridine rings is 1. The summed E-state index contributed by atoms with van der Waals surface area (Å²) in [6.07, 6.45) is -4.76. The molecule has 1 saturated carbocycles. The topological polar surface area (TPSA) is 140 Å². The van der Waals surface area contributed by atoms with Gasteiger partial charge in [-0.1, -0.05) is 6.42 Å². The maximum atomic E-state index is 10.6. The van der Waals surface area contributed by atoms with Crippen molar-refractivity contribution in [2.75, 3.05) is 33.4 Å². The van der Waals surface area contributed by atoms with Crippen LogP contribution in [0.15, 0.2) is 24.5 Å². The Labute approximate surface area is 251 Å². The number of carboxylic acids is 3. The number of hydrogen-bond acceptors (Lipinski definition) is 7. The Morgan fingerprint density at radius 2 is 1.27 bits per heavy atom. The van der Waals surface area contributed by atoms with Crippen LogP contribution in [-0.4, -0.2) is 112 Å². The van der Waals surface area contributed by atoms with E-state index in [-0.39, 0.29) is 0 Å². The second-order valence-corrected chi connectivity index (χ2v) is 10.4. The Morgan fingerprint density at radius 3 is 1.69 bits per heavy atom. The summed E-state index contributed by atoms with van der Waals surface area (Å²) < 4.78 is 101. The van der Waals surface area contributed by atoms with Crippen LogP contribution in [0.3, 0.4) is 0 Å². The minimum Gasteiger partial charge on any atom is -0.475 e. The molecule has 3 heterocycles. The molecule has 3 N–H and O–H groups in total. The van der Waals surface area contributed by atoms with Crippen LogP contribution in [0.5, 0.6) is 0 Å². The number of halogens is 9. The van der Waals surface area contributed by atoms with E-state index in [1.54, 1.807) is 0 Å². The lowest BCUT2D eigenvalue weighted by molar-refractivity contribution is -0.193. The number of hydrogen-bond donors (Lipinski definition) is 3. The van der Waals surface area contributed by atoms with Crippen molar-refractivity contribution in [1.82, 2.24) is 14.8 Å². The first-order chi connectivity index (χ1) is 20.6. The van der Waals surface area contributed by atoms with Crippen LogP contribution >= 0.6 is 0 Å². The van der Waals surface area contributed by atoms with Gasteiger partial charge in [0.05, 0.1) is 0 Å². The summed E-state index contributed by atoms with van der Waals surface area (Å²) in [6, 6.07) is 5.82. The number of aromatic nitrogens is 1. The predicted octanol–water partition coefficient (Wildman–Crippen LogP) is 4.69. The first-order valence-electron chi connectivity index (χ1n) is 13.5. The van der Waals surface area contributed by atoms with Crippen molar-refractivity contribution in [3.05, 3.63) is 30.1 Å². The molecule has 19 heteroatoms. The first-order valence-corrected chi connectivity index (χ1v) is 13.5. The van der Waals surface area contributed by atoms with Crippen LogP contribution in [0.25, 0.3) is 0 Å². The van der Waals surface area contributed by atoms with Crippen LogP contribution in [0.1, 0.15) is 37.7 Å². The average molecular weight is 672 g/mol. The third kappa shape index (κ3) is 14.6. The van der Waals surface area contributed by atoms with Crippen molar-refractivity contribution < 1.29 is 74.0 Å². The van der Waals surface area contributed by atoms with Crippen LogP contribution in [0.4, 0.5) is 39.5 Å². The van der Waals surface area contributed by atoms with Gasteiger partial charge in [0.1, 0.15) is 0 Å². The number of aliphatic carboxylic acids is 3. The number of nitrogens with zero attached hydrogens (tertiary/aromatic N) is 3. The largest absolute Gasteiger partial charge is 0.490 e. The Bertz CT molecular complexity index is 1010. The highest BCUT2D eigenvalue weighted by atomic mass is 19.4. The van der Waals surface area contributed by atoms with Crippen molar-refractivity contribution >= 4 is 17.9 Å². The maximum Gasteiger partial charge on any atom is 0.490 e. The number of alkyl halides is 9. The molecule has 3 aliphatic rings. The van der Waals surface area contributed by atoms with Crippen molar-refractivity contribution in [3.8, 4) is 0 Å². The SMILES string of the molecule is CN(Cc1ccncc1)C1CCC[C@@H]2CN(C3CCOCC3)C[C@H]12.O=C(O)C(F)(F)F.O=C(O)C(F)(F)F.O=C(O)C(F)(F)F. The number of ether oxygens (including phenoxy) is 1. The van der Waals surface area contributed by atoms with E-state index in [2.05, 4.69) is 34.0 Å². The summed E-state index contributed by atoms with van der Waals surface area (Å²) in [6.45, 7) is 5.60. The van der Waals surface area contributed by atoms with E-state index in [9.17, 15) is 39.5 Å². The third-order valence-electron chi connectivity index (χ3n) is 7.27. The van der Waals surface area contributed by atoms with E-state index in [1.165, 1.54) is 50.8 Å². The second kappa shape index (κ2) is 17.5. The second-order valence-electron chi connectivity index (χ2n) is 10.4. The molecule has 1 unspecified atom stereocenters. The van der Waals surface area contributed by atoms with Gasteiger partial charge in [-0.25, -0.2) is 14.4 Å². The van der Waals surface area contributed by atoms with Gasteiger partial charge in [-0.3, -0.25) is 14.8 Å². The molecule has 258 valence electrons. The zero-order valence-electron chi connectivity index (χ0n) is 23.9. The smallest absolute Gasteiger partial charge is 0.475 e. The Balaban J connectivity index is 0.000000396. The molecule has 0 amide bonds. The fourth-order valence-electron chi connectivity index (χ4n) is 5.26. The van der Waals surface area contributed by atoms with Crippen molar-refractivity contribution in [3.63, 3.8) is 0 Å². The van der Waals surface area contributed by atoms with Gasteiger partial charge in [0, 0.05) is 57.3 Å². The molecular weight excluding hydrogens is 637 g/mol. The fourth-order valence-corrected chi connectivity index (χ4v) is 5.26. The quantitative estimate of drug-likeness (QED) is 0.386. The normalized spacial score (nSPS) is 22.4. The Hall–Kier alpha value is -3.19. The van der Waals surface area contributed by atoms with Gasteiger partial charge >= 0.3 is 36.4 Å². The molecule has 1 aromatic rings. The molecule has 0 spiro atoms. The molecule has 45 heavy (non-hydrogen) atoms. The highest BCUT2D eigenvalue weighted by Gasteiger charge is 2.43. The van der Waals surface area contributed by atoms with Gasteiger partial charge in [0.2, 0.25) is 0 Å². The predicted molar refractivity (Wildman–Crippen MR) is 137 cm³/mol. The van der Waals surface area contributed by atoms with Gasteiger partial charge in [0.25, 0.3) is 0 Å². The monoisotopic (exact) mass is 671 g/mol. The molecule has 3 fully saturated rings. The molecule has 1 aliphatic carbocycles. The average Bonchev–Trinajstić information content (AvgIpc) is 3.38. The summed E-state index contributed by atoms with van der Waals surface area (Å²) in [5.74, 6) is -6.51. The van der Waals surface area contributed by atoms with Crippen molar-refractivity contribution in [2.45, 2.75) is 69.3 Å². The van der Waals surface area contributed by atoms with E-state index >= 15 is 0 Å². The van der Waals surface area contributed by atoms with Gasteiger partial charge < -0.3 is 20.1 Å². The van der Waals surface area contributed by atoms with Crippen LogP contribution in [-0.2, 0) is 25.7 Å². The molecule has 3 atom stereocenters. The summed E-state index contributed by atoms with van der Waals surface area (Å²) in [5.41, 5.74) is 1.38. The summed E-state index contributed by atoms with van der Waals surface area (Å²) in [7, 11) is 2.32. The van der Waals surface area contributed by atoms with Crippen molar-refractivity contribution in [2.24, 2.45) is 11.8 Å². The molecule has 10 nitrogen and oxygen atoms in total. The van der Waals surface area contributed by atoms with Crippen LogP contribution < -0.4 is 0 Å². The van der Waals surface area contributed by atoms with Gasteiger partial charge in [-0.15, -0.1) is 0 Å². The third-order valence-corrected chi connectivity index (χ3v) is 7.27. The molecule has 2 aliphatic heterocycles. The number of carbonyl (C=O) groups is 3. The fraction of sp³-hybridized carbons (Fsp3) is 0.692. The number of carboxylic acid groups (broad SMARTS) is 3. The summed E-state index contributed by atoms with van der Waals surface area (Å²) in [5, 5.41) is 21.4. The van der Waals surface area contributed by atoms with Crippen LogP contribution in [0, 0.1) is 11.8 Å². The van der Waals surface area contributed by atoms with Crippen LogP contribution in [0.2, 0.25) is 0 Å².